The van der Waals surface area contributed by atoms with E-state index >= 15 is 4.39 Å². The highest BCUT2D eigenvalue weighted by molar-refractivity contribution is 8.07. The quantitative estimate of drug-likeness (QED) is 0.255. The van der Waals surface area contributed by atoms with Crippen LogP contribution in [0.25, 0.3) is 22.3 Å². The summed E-state index contributed by atoms with van der Waals surface area (Å²) in [6.07, 6.45) is -2.95. The number of alkyl halides is 1. The molecule has 3 saturated heterocycles. The molecule has 0 spiro atoms. The van der Waals surface area contributed by atoms with Gasteiger partial charge in [-0.25, -0.2) is 34.3 Å². The molecule has 0 saturated carbocycles. The molecule has 22 heteroatoms. The van der Waals surface area contributed by atoms with E-state index in [0.29, 0.717) is 16.9 Å². The zero-order chi connectivity index (χ0) is 31.0. The summed E-state index contributed by atoms with van der Waals surface area (Å²) in [4.78, 5) is 47.2. The Balaban J connectivity index is 1.17. The molecule has 3 unspecified atom stereocenters. The Labute approximate surface area is 258 Å². The number of halogens is 1. The Morgan fingerprint density at radius 2 is 1.39 bits per heavy atom. The van der Waals surface area contributed by atoms with Gasteiger partial charge in [-0.2, -0.15) is 0 Å². The Kier molecular flexibility index (Phi) is 7.79. The molecule has 3 fully saturated rings. The van der Waals surface area contributed by atoms with Crippen LogP contribution >= 0.6 is 13.4 Å². The number of rotatable bonds is 2. The molecule has 17 nitrogen and oxygen atoms in total. The summed E-state index contributed by atoms with van der Waals surface area (Å²) in [7, 11) is 0. The number of fused-ring (bicyclic) bond motifs is 4. The highest BCUT2D eigenvalue weighted by Crippen LogP contribution is 2.55. The molecule has 3 aliphatic rings. The summed E-state index contributed by atoms with van der Waals surface area (Å²) in [6.45, 7) is -5.25. The van der Waals surface area contributed by atoms with Gasteiger partial charge >= 0.3 is 13.4 Å². The zero-order valence-corrected chi connectivity index (χ0v) is 26.4. The molecular formula is C22H26FN9O8P2S2. The highest BCUT2D eigenvalue weighted by Gasteiger charge is 2.52. The summed E-state index contributed by atoms with van der Waals surface area (Å²) < 4.78 is 54.2. The summed E-state index contributed by atoms with van der Waals surface area (Å²) in [6, 6.07) is 0. The topological polar surface area (TPSA) is 209 Å². The maximum atomic E-state index is 16.0. The molecule has 10 atom stereocenters. The summed E-state index contributed by atoms with van der Waals surface area (Å²) >= 11 is 10.6. The number of anilines is 1. The lowest BCUT2D eigenvalue weighted by Crippen LogP contribution is -2.36. The molecule has 0 radical (unpaired) electrons. The average Bonchev–Trinajstić information content (AvgIpc) is 3.73. The predicted molar refractivity (Wildman–Crippen MR) is 156 cm³/mol. The standard InChI is InChI=1S/C22H26FN9O8P2S2/c1-9-16-11(37-21(9)31-7-29-14-10(2)25-5-27-19(14)31)3-35-42(34,44)40-17-12(4-36-41(33,43)39-16)38-22(13(17)23)32-8-30-15-18(24)26-6-28-20(15)32/h5-9,11-13,16-17,21-22H,3-4H2,1-2H3,(H,33,43)(H,34,44)(H2,24,26,28)/t9-,11-,12-,13-,16+,17-,21-,22?,41?,42?/m1/s1. The van der Waals surface area contributed by atoms with Crippen molar-refractivity contribution >= 4 is 65.2 Å². The van der Waals surface area contributed by atoms with Crippen LogP contribution < -0.4 is 5.73 Å². The van der Waals surface area contributed by atoms with E-state index in [2.05, 4.69) is 29.9 Å². The van der Waals surface area contributed by atoms with E-state index in [0.717, 1.165) is 0 Å². The molecule has 0 amide bonds. The van der Waals surface area contributed by atoms with Crippen molar-refractivity contribution in [1.82, 2.24) is 39.0 Å². The van der Waals surface area contributed by atoms with Gasteiger partial charge in [0.2, 0.25) is 0 Å². The molecule has 44 heavy (non-hydrogen) atoms. The van der Waals surface area contributed by atoms with Crippen LogP contribution in [0.2, 0.25) is 0 Å². The first-order valence-corrected chi connectivity index (χ1v) is 18.4. The summed E-state index contributed by atoms with van der Waals surface area (Å²) in [5.41, 5.74) is 8.12. The molecular weight excluding hydrogens is 663 g/mol. The van der Waals surface area contributed by atoms with Crippen molar-refractivity contribution in [3.05, 3.63) is 31.0 Å². The van der Waals surface area contributed by atoms with E-state index in [-0.39, 0.29) is 23.6 Å². The van der Waals surface area contributed by atoms with Crippen molar-refractivity contribution in [2.24, 2.45) is 5.92 Å². The second kappa shape index (κ2) is 11.3. The Morgan fingerprint density at radius 1 is 0.841 bits per heavy atom. The van der Waals surface area contributed by atoms with Crippen molar-refractivity contribution < 1.29 is 41.7 Å². The van der Waals surface area contributed by atoms with E-state index in [1.165, 1.54) is 23.5 Å². The fraction of sp³-hybridized carbons (Fsp3) is 0.545. The minimum atomic E-state index is -4.10. The van der Waals surface area contributed by atoms with Crippen LogP contribution in [0.4, 0.5) is 10.2 Å². The molecule has 0 aromatic carbocycles. The van der Waals surface area contributed by atoms with E-state index < -0.39 is 69.0 Å². The normalized spacial score (nSPS) is 38.3. The van der Waals surface area contributed by atoms with Crippen molar-refractivity contribution in [1.29, 1.82) is 0 Å². The number of nitrogen functional groups attached to an aromatic ring is 1. The number of hydrogen-bond acceptors (Lipinski definition) is 15. The zero-order valence-electron chi connectivity index (χ0n) is 22.9. The molecule has 7 heterocycles. The van der Waals surface area contributed by atoms with Crippen LogP contribution in [0.1, 0.15) is 25.1 Å². The van der Waals surface area contributed by atoms with Crippen LogP contribution in [0.3, 0.4) is 0 Å². The van der Waals surface area contributed by atoms with E-state index in [9.17, 15) is 9.79 Å². The first kappa shape index (κ1) is 30.5. The van der Waals surface area contributed by atoms with Gasteiger partial charge in [0.1, 0.15) is 54.3 Å². The molecule has 3 aliphatic heterocycles. The molecule has 0 aliphatic carbocycles. The van der Waals surface area contributed by atoms with Crippen LogP contribution in [0.5, 0.6) is 0 Å². The second-order valence-corrected chi connectivity index (χ2v) is 16.0. The number of nitrogens with zero attached hydrogens (tertiary/aromatic N) is 8. The first-order chi connectivity index (χ1) is 20.9. The molecule has 236 valence electrons. The van der Waals surface area contributed by atoms with Crippen LogP contribution in [-0.4, -0.2) is 92.6 Å². The lowest BCUT2D eigenvalue weighted by atomic mass is 10.0. The van der Waals surface area contributed by atoms with Gasteiger partial charge in [0.25, 0.3) is 0 Å². The van der Waals surface area contributed by atoms with E-state index in [1.807, 2.05) is 13.8 Å². The van der Waals surface area contributed by atoms with Crippen molar-refractivity contribution in [3.8, 4) is 0 Å². The largest absolute Gasteiger partial charge is 0.382 e. The smallest absolute Gasteiger partial charge is 0.325 e. The Morgan fingerprint density at radius 3 is 2.09 bits per heavy atom. The Bertz CT molecular complexity index is 1700. The number of nitrogens with two attached hydrogens (primary N) is 1. The molecule has 4 aromatic heterocycles. The maximum absolute atomic E-state index is 16.0. The minimum absolute atomic E-state index is 0.0967. The van der Waals surface area contributed by atoms with Gasteiger partial charge in [0.15, 0.2) is 29.5 Å². The van der Waals surface area contributed by atoms with Gasteiger partial charge in [-0.05, 0) is 30.5 Å². The predicted octanol–water partition coefficient (Wildman–Crippen LogP) is 1.58. The highest BCUT2D eigenvalue weighted by atomic mass is 32.5. The monoisotopic (exact) mass is 689 g/mol. The molecule has 4 N–H and O–H groups in total. The fourth-order valence-corrected chi connectivity index (χ4v) is 8.54. The SMILES string of the molecule is Cc1ncnc2c1ncn2[C@@H]1O[C@@H]2COP(O)(=S)O[C@@H]3[C@@H](COP(O)(=S)O[C@H]2[C@H]1C)OC(n1cnc2c(N)ncnc21)[C@@H]3F. The summed E-state index contributed by atoms with van der Waals surface area (Å²) in [5, 5.41) is 0. The third-order valence-corrected chi connectivity index (χ3v) is 10.8. The van der Waals surface area contributed by atoms with Crippen molar-refractivity contribution in [2.75, 3.05) is 18.9 Å². The van der Waals surface area contributed by atoms with E-state index in [4.69, 9.17) is 56.9 Å². The number of imidazole rings is 2. The average molecular weight is 690 g/mol. The van der Waals surface area contributed by atoms with Gasteiger partial charge in [0, 0.05) is 5.92 Å². The fourth-order valence-electron chi connectivity index (χ4n) is 5.59. The lowest BCUT2D eigenvalue weighted by molar-refractivity contribution is -0.0582. The number of ether oxygens (including phenoxy) is 2. The molecule has 0 bridgehead atoms. The van der Waals surface area contributed by atoms with Gasteiger partial charge in [-0.15, -0.1) is 0 Å². The van der Waals surface area contributed by atoms with Crippen LogP contribution in [0.15, 0.2) is 25.3 Å². The minimum Gasteiger partial charge on any atom is -0.382 e. The third-order valence-electron chi connectivity index (χ3n) is 7.71. The van der Waals surface area contributed by atoms with Gasteiger partial charge in [-0.3, -0.25) is 13.7 Å². The van der Waals surface area contributed by atoms with Crippen molar-refractivity contribution in [2.45, 2.75) is 56.9 Å². The molecule has 7 rings (SSSR count). The molecule has 4 aromatic rings. The summed E-state index contributed by atoms with van der Waals surface area (Å²) in [5.74, 6) is -0.353. The third kappa shape index (κ3) is 5.36. The number of hydrogen-bond donors (Lipinski definition) is 3. The van der Waals surface area contributed by atoms with Crippen LogP contribution in [-0.2, 0) is 51.2 Å². The number of aromatic nitrogens is 8. The van der Waals surface area contributed by atoms with Crippen LogP contribution in [0, 0.1) is 12.8 Å². The first-order valence-electron chi connectivity index (χ1n) is 13.3. The number of aryl methyl sites for hydroxylation is 1. The van der Waals surface area contributed by atoms with Crippen molar-refractivity contribution in [3.63, 3.8) is 0 Å². The second-order valence-electron chi connectivity index (χ2n) is 10.5. The van der Waals surface area contributed by atoms with E-state index in [1.54, 1.807) is 10.9 Å². The maximum Gasteiger partial charge on any atom is 0.325 e. The van der Waals surface area contributed by atoms with Gasteiger partial charge in [0.05, 0.1) is 31.6 Å². The Hall–Kier alpha value is -2.19. The van der Waals surface area contributed by atoms with Gasteiger partial charge < -0.3 is 38.6 Å². The lowest BCUT2D eigenvalue weighted by Gasteiger charge is -2.30. The van der Waals surface area contributed by atoms with Gasteiger partial charge in [-0.1, -0.05) is 6.92 Å².